The fraction of sp³-hybridized carbons (Fsp3) is 0.0250. The molecular weight excluding hydrogens is 494 g/mol. The van der Waals surface area contributed by atoms with Gasteiger partial charge in [0.05, 0.1) is 16.8 Å². The van der Waals surface area contributed by atoms with Crippen molar-refractivity contribution in [3.8, 4) is 33.5 Å². The van der Waals surface area contributed by atoms with Crippen LogP contribution in [0.1, 0.15) is 22.4 Å². The molecule has 0 saturated carbocycles. The van der Waals surface area contributed by atoms with E-state index in [0.29, 0.717) is 0 Å². The number of aromatic nitrogens is 1. The molecule has 0 bridgehead atoms. The first kappa shape index (κ1) is 23.6. The summed E-state index contributed by atoms with van der Waals surface area (Å²) in [5, 5.41) is 2.53. The fourth-order valence-corrected chi connectivity index (χ4v) is 6.75. The minimum Gasteiger partial charge on any atom is -0.251 e. The summed E-state index contributed by atoms with van der Waals surface area (Å²) >= 11 is 0. The molecule has 1 aliphatic rings. The van der Waals surface area contributed by atoms with E-state index in [0.717, 1.165) is 22.5 Å². The zero-order valence-corrected chi connectivity index (χ0v) is 22.5. The van der Waals surface area contributed by atoms with Crippen LogP contribution in [-0.4, -0.2) is 4.98 Å². The van der Waals surface area contributed by atoms with Gasteiger partial charge in [-0.3, -0.25) is 4.98 Å². The molecule has 1 unspecified atom stereocenters. The van der Waals surface area contributed by atoms with Gasteiger partial charge in [0, 0.05) is 5.56 Å². The SMILES string of the molecule is c1ccc(-c2cc(-c3ccccc3)nc(C3(c4ccccc4)c4ccccc4-c4c3ccc3ccccc43)c2)cc1. The Labute approximate surface area is 240 Å². The van der Waals surface area contributed by atoms with E-state index in [2.05, 4.69) is 164 Å². The molecule has 1 aromatic heterocycles. The average Bonchev–Trinajstić information content (AvgIpc) is 3.37. The summed E-state index contributed by atoms with van der Waals surface area (Å²) < 4.78 is 0. The molecule has 0 fully saturated rings. The lowest BCUT2D eigenvalue weighted by molar-refractivity contribution is 0.737. The number of benzene rings is 6. The van der Waals surface area contributed by atoms with E-state index in [1.165, 1.54) is 44.2 Å². The van der Waals surface area contributed by atoms with Crippen LogP contribution in [0.15, 0.2) is 164 Å². The molecule has 0 radical (unpaired) electrons. The van der Waals surface area contributed by atoms with E-state index < -0.39 is 5.41 Å². The Hall–Kier alpha value is -5.27. The van der Waals surface area contributed by atoms with Crippen LogP contribution in [0.4, 0.5) is 0 Å². The van der Waals surface area contributed by atoms with Crippen molar-refractivity contribution in [2.24, 2.45) is 0 Å². The second-order valence-electron chi connectivity index (χ2n) is 10.7. The highest BCUT2D eigenvalue weighted by atomic mass is 14.8. The van der Waals surface area contributed by atoms with Crippen molar-refractivity contribution in [1.82, 2.24) is 4.98 Å². The molecule has 1 aliphatic carbocycles. The van der Waals surface area contributed by atoms with E-state index in [9.17, 15) is 0 Å². The summed E-state index contributed by atoms with van der Waals surface area (Å²) in [6.07, 6.45) is 0. The van der Waals surface area contributed by atoms with E-state index in [1.807, 2.05) is 0 Å². The van der Waals surface area contributed by atoms with E-state index in [4.69, 9.17) is 4.98 Å². The topological polar surface area (TPSA) is 12.9 Å². The molecule has 0 saturated heterocycles. The lowest BCUT2D eigenvalue weighted by Gasteiger charge is -2.33. The highest BCUT2D eigenvalue weighted by Crippen LogP contribution is 2.57. The normalized spacial score (nSPS) is 15.4. The fourth-order valence-electron chi connectivity index (χ4n) is 6.75. The molecule has 0 amide bonds. The number of nitrogens with zero attached hydrogens (tertiary/aromatic N) is 1. The van der Waals surface area contributed by atoms with Crippen molar-refractivity contribution in [3.05, 3.63) is 186 Å². The van der Waals surface area contributed by atoms with Crippen LogP contribution >= 0.6 is 0 Å². The lowest BCUT2D eigenvalue weighted by Crippen LogP contribution is -2.30. The van der Waals surface area contributed by atoms with Gasteiger partial charge in [-0.05, 0) is 61.8 Å². The molecule has 1 atom stereocenters. The second kappa shape index (κ2) is 9.43. The van der Waals surface area contributed by atoms with Gasteiger partial charge in [-0.15, -0.1) is 0 Å². The van der Waals surface area contributed by atoms with Crippen molar-refractivity contribution < 1.29 is 0 Å². The molecule has 8 rings (SSSR count). The summed E-state index contributed by atoms with van der Waals surface area (Å²) in [6.45, 7) is 0. The molecule has 1 heteroatoms. The standard InChI is InChI=1S/C40H27N/c1-4-14-28(15-5-1)31-26-37(30-17-6-2-7-18-30)41-38(27-31)40(32-19-8-3-9-20-32)35-23-13-12-22-34(35)39-33-21-11-10-16-29(33)24-25-36(39)40/h1-27H. The van der Waals surface area contributed by atoms with Crippen molar-refractivity contribution in [2.45, 2.75) is 5.41 Å². The molecule has 0 N–H and O–H groups in total. The number of hydrogen-bond acceptors (Lipinski definition) is 1. The minimum atomic E-state index is -0.578. The van der Waals surface area contributed by atoms with E-state index >= 15 is 0 Å². The lowest BCUT2D eigenvalue weighted by atomic mass is 9.69. The largest absolute Gasteiger partial charge is 0.251 e. The number of rotatable bonds is 4. The van der Waals surface area contributed by atoms with Crippen molar-refractivity contribution in [1.29, 1.82) is 0 Å². The van der Waals surface area contributed by atoms with Gasteiger partial charge in [-0.1, -0.05) is 152 Å². The zero-order valence-electron chi connectivity index (χ0n) is 22.5. The Morgan fingerprint density at radius 3 is 1.85 bits per heavy atom. The molecule has 192 valence electrons. The number of fused-ring (bicyclic) bond motifs is 5. The minimum absolute atomic E-state index is 0.578. The monoisotopic (exact) mass is 521 g/mol. The van der Waals surface area contributed by atoms with Gasteiger partial charge in [-0.25, -0.2) is 0 Å². The Balaban J connectivity index is 1.54. The summed E-state index contributed by atoms with van der Waals surface area (Å²) in [4.78, 5) is 5.54. The first-order chi connectivity index (χ1) is 20.3. The molecular formula is C40H27N. The van der Waals surface area contributed by atoms with Crippen molar-refractivity contribution in [2.75, 3.05) is 0 Å². The quantitative estimate of drug-likeness (QED) is 0.225. The second-order valence-corrected chi connectivity index (χ2v) is 10.7. The van der Waals surface area contributed by atoms with Crippen LogP contribution in [-0.2, 0) is 5.41 Å². The van der Waals surface area contributed by atoms with Crippen molar-refractivity contribution in [3.63, 3.8) is 0 Å². The predicted molar refractivity (Wildman–Crippen MR) is 170 cm³/mol. The third-order valence-corrected chi connectivity index (χ3v) is 8.53. The molecule has 7 aromatic rings. The van der Waals surface area contributed by atoms with Crippen molar-refractivity contribution >= 4 is 10.8 Å². The van der Waals surface area contributed by atoms with Gasteiger partial charge < -0.3 is 0 Å². The Morgan fingerprint density at radius 2 is 1.07 bits per heavy atom. The first-order valence-electron chi connectivity index (χ1n) is 14.1. The van der Waals surface area contributed by atoms with Crippen LogP contribution in [0.5, 0.6) is 0 Å². The third kappa shape index (κ3) is 3.59. The smallest absolute Gasteiger partial charge is 0.0886 e. The number of pyridine rings is 1. The molecule has 0 aliphatic heterocycles. The van der Waals surface area contributed by atoms with Crippen LogP contribution in [0.3, 0.4) is 0 Å². The Morgan fingerprint density at radius 1 is 0.439 bits per heavy atom. The zero-order chi connectivity index (χ0) is 27.2. The number of hydrogen-bond donors (Lipinski definition) is 0. The summed E-state index contributed by atoms with van der Waals surface area (Å²) in [6, 6.07) is 59.0. The molecule has 1 nitrogen and oxygen atoms in total. The van der Waals surface area contributed by atoms with Crippen LogP contribution in [0.25, 0.3) is 44.3 Å². The summed E-state index contributed by atoms with van der Waals surface area (Å²) in [5.41, 5.74) is 11.2. The molecule has 0 spiro atoms. The molecule has 6 aromatic carbocycles. The summed E-state index contributed by atoms with van der Waals surface area (Å²) in [5.74, 6) is 0. The maximum atomic E-state index is 5.54. The molecule has 1 heterocycles. The van der Waals surface area contributed by atoms with E-state index in [1.54, 1.807) is 0 Å². The van der Waals surface area contributed by atoms with Gasteiger partial charge in [0.2, 0.25) is 0 Å². The van der Waals surface area contributed by atoms with Crippen LogP contribution < -0.4 is 0 Å². The van der Waals surface area contributed by atoms with Gasteiger partial charge in [0.25, 0.3) is 0 Å². The first-order valence-corrected chi connectivity index (χ1v) is 14.1. The summed E-state index contributed by atoms with van der Waals surface area (Å²) in [7, 11) is 0. The highest BCUT2D eigenvalue weighted by molar-refractivity contribution is 6.04. The van der Waals surface area contributed by atoms with Crippen LogP contribution in [0, 0.1) is 0 Å². The van der Waals surface area contributed by atoms with Gasteiger partial charge in [0.15, 0.2) is 0 Å². The predicted octanol–water partition coefficient (Wildman–Crippen LogP) is 9.93. The Bertz CT molecular complexity index is 1970. The van der Waals surface area contributed by atoms with Gasteiger partial charge >= 0.3 is 0 Å². The molecule has 41 heavy (non-hydrogen) atoms. The Kier molecular flexibility index (Phi) is 5.43. The van der Waals surface area contributed by atoms with Crippen LogP contribution in [0.2, 0.25) is 0 Å². The highest BCUT2D eigenvalue weighted by Gasteiger charge is 2.48. The maximum absolute atomic E-state index is 5.54. The van der Waals surface area contributed by atoms with Gasteiger partial charge in [-0.2, -0.15) is 0 Å². The average molecular weight is 522 g/mol. The van der Waals surface area contributed by atoms with E-state index in [-0.39, 0.29) is 0 Å². The van der Waals surface area contributed by atoms with Gasteiger partial charge in [0.1, 0.15) is 0 Å². The third-order valence-electron chi connectivity index (χ3n) is 8.53. The maximum Gasteiger partial charge on any atom is 0.0886 e.